The summed E-state index contributed by atoms with van der Waals surface area (Å²) in [6.07, 6.45) is 2.62. The first-order valence-electron chi connectivity index (χ1n) is 4.71. The van der Waals surface area contributed by atoms with Gasteiger partial charge in [-0.1, -0.05) is 5.16 Å². The van der Waals surface area contributed by atoms with E-state index in [4.69, 9.17) is 16.7 Å². The summed E-state index contributed by atoms with van der Waals surface area (Å²) < 4.78 is 7.63. The average Bonchev–Trinajstić information content (AvgIpc) is 2.73. The number of aromatic amines is 1. The molecule has 0 radical (unpaired) electrons. The Kier molecular flexibility index (Phi) is 2.68. The van der Waals surface area contributed by atoms with Crippen molar-refractivity contribution in [3.63, 3.8) is 0 Å². The topological polar surface area (TPSA) is 59.6 Å². The summed E-state index contributed by atoms with van der Waals surface area (Å²) in [4.78, 5) is 7.13. The van der Waals surface area contributed by atoms with Gasteiger partial charge in [0.25, 0.3) is 0 Å². The minimum absolute atomic E-state index is 0.597. The molecule has 1 N–H and O–H groups in total. The van der Waals surface area contributed by atoms with Crippen LogP contribution in [0.4, 0.5) is 0 Å². The summed E-state index contributed by atoms with van der Waals surface area (Å²) in [5, 5.41) is 3.83. The van der Waals surface area contributed by atoms with E-state index in [2.05, 4.69) is 15.1 Å². The van der Waals surface area contributed by atoms with Crippen molar-refractivity contribution in [3.8, 4) is 0 Å². The van der Waals surface area contributed by atoms with E-state index < -0.39 is 0 Å². The monoisotopic (exact) mass is 224 g/mol. The van der Waals surface area contributed by atoms with Crippen LogP contribution in [0.2, 0.25) is 0 Å². The fourth-order valence-corrected chi connectivity index (χ4v) is 1.71. The summed E-state index contributed by atoms with van der Waals surface area (Å²) in [6, 6.07) is 0. The van der Waals surface area contributed by atoms with Crippen LogP contribution in [-0.4, -0.2) is 19.7 Å². The van der Waals surface area contributed by atoms with Crippen molar-refractivity contribution < 1.29 is 4.52 Å². The Balaban J connectivity index is 2.08. The highest BCUT2D eigenvalue weighted by Crippen LogP contribution is 2.03. The van der Waals surface area contributed by atoms with E-state index in [9.17, 15) is 0 Å². The van der Waals surface area contributed by atoms with Crippen molar-refractivity contribution in [1.82, 2.24) is 19.7 Å². The molecule has 5 nitrogen and oxygen atoms in total. The van der Waals surface area contributed by atoms with Crippen LogP contribution in [0, 0.1) is 18.6 Å². The second kappa shape index (κ2) is 3.98. The zero-order valence-corrected chi connectivity index (χ0v) is 9.47. The number of nitrogens with one attached hydrogen (secondary N) is 1. The number of aryl methyl sites for hydroxylation is 3. The molecular formula is C9H12N4OS. The first-order valence-corrected chi connectivity index (χ1v) is 5.11. The Bertz CT molecular complexity index is 510. The third-order valence-corrected chi connectivity index (χ3v) is 2.54. The van der Waals surface area contributed by atoms with Crippen LogP contribution < -0.4 is 0 Å². The van der Waals surface area contributed by atoms with E-state index in [0.29, 0.717) is 5.89 Å². The van der Waals surface area contributed by atoms with E-state index in [1.54, 1.807) is 6.92 Å². The molecule has 0 spiro atoms. The van der Waals surface area contributed by atoms with Crippen molar-refractivity contribution in [1.29, 1.82) is 0 Å². The second-order valence-corrected chi connectivity index (χ2v) is 3.75. The van der Waals surface area contributed by atoms with Gasteiger partial charge in [-0.3, -0.25) is 0 Å². The van der Waals surface area contributed by atoms with Gasteiger partial charge < -0.3 is 14.1 Å². The van der Waals surface area contributed by atoms with Crippen molar-refractivity contribution in [2.75, 3.05) is 0 Å². The third kappa shape index (κ3) is 2.15. The zero-order chi connectivity index (χ0) is 10.8. The molecule has 0 saturated carbocycles. The van der Waals surface area contributed by atoms with Gasteiger partial charge in [-0.2, -0.15) is 4.98 Å². The predicted molar refractivity (Wildman–Crippen MR) is 57.1 cm³/mol. The molecule has 80 valence electrons. The van der Waals surface area contributed by atoms with Gasteiger partial charge in [0, 0.05) is 31.8 Å². The molecule has 2 rings (SSSR count). The van der Waals surface area contributed by atoms with E-state index in [1.165, 1.54) is 0 Å². The predicted octanol–water partition coefficient (Wildman–Crippen LogP) is 1.79. The quantitative estimate of drug-likeness (QED) is 0.807. The van der Waals surface area contributed by atoms with Gasteiger partial charge >= 0.3 is 0 Å². The fourth-order valence-electron chi connectivity index (χ4n) is 1.41. The molecule has 0 saturated heterocycles. The lowest BCUT2D eigenvalue weighted by molar-refractivity contribution is 0.386. The van der Waals surface area contributed by atoms with Crippen LogP contribution >= 0.6 is 12.2 Å². The summed E-state index contributed by atoms with van der Waals surface area (Å²) >= 11 is 5.14. The standard InChI is InChI=1S/C9H12N4OS/c1-6-5-10-9(15)13(6)4-3-8-11-7(2)14-12-8/h5H,3-4H2,1-2H3,(H,10,15). The minimum Gasteiger partial charge on any atom is -0.340 e. The summed E-state index contributed by atoms with van der Waals surface area (Å²) in [7, 11) is 0. The van der Waals surface area contributed by atoms with Gasteiger partial charge in [0.1, 0.15) is 0 Å². The minimum atomic E-state index is 0.597. The SMILES string of the molecule is Cc1nc(CCn2c(C)c[nH]c2=S)no1. The molecule has 0 atom stereocenters. The van der Waals surface area contributed by atoms with Crippen LogP contribution in [0.15, 0.2) is 10.7 Å². The maximum absolute atomic E-state index is 5.14. The van der Waals surface area contributed by atoms with E-state index >= 15 is 0 Å². The average molecular weight is 224 g/mol. The van der Waals surface area contributed by atoms with Crippen molar-refractivity contribution >= 4 is 12.2 Å². The largest absolute Gasteiger partial charge is 0.340 e. The highest BCUT2D eigenvalue weighted by Gasteiger charge is 2.04. The number of nitrogens with zero attached hydrogens (tertiary/aromatic N) is 3. The highest BCUT2D eigenvalue weighted by atomic mass is 32.1. The molecule has 15 heavy (non-hydrogen) atoms. The molecule has 0 bridgehead atoms. The van der Waals surface area contributed by atoms with E-state index in [-0.39, 0.29) is 0 Å². The molecule has 0 fully saturated rings. The zero-order valence-electron chi connectivity index (χ0n) is 8.65. The lowest BCUT2D eigenvalue weighted by Crippen LogP contribution is -2.04. The van der Waals surface area contributed by atoms with E-state index in [0.717, 1.165) is 29.3 Å². The molecule has 0 aliphatic rings. The molecular weight excluding hydrogens is 212 g/mol. The van der Waals surface area contributed by atoms with Crippen LogP contribution in [0.1, 0.15) is 17.4 Å². The lowest BCUT2D eigenvalue weighted by atomic mass is 10.4. The number of hydrogen-bond acceptors (Lipinski definition) is 4. The number of imidazole rings is 1. The highest BCUT2D eigenvalue weighted by molar-refractivity contribution is 7.71. The van der Waals surface area contributed by atoms with Gasteiger partial charge in [0.2, 0.25) is 5.89 Å². The normalized spacial score (nSPS) is 10.8. The number of aromatic nitrogens is 4. The van der Waals surface area contributed by atoms with Gasteiger partial charge in [-0.05, 0) is 19.1 Å². The Labute approximate surface area is 92.1 Å². The van der Waals surface area contributed by atoms with Crippen LogP contribution in [0.25, 0.3) is 0 Å². The number of rotatable bonds is 3. The third-order valence-electron chi connectivity index (χ3n) is 2.20. The van der Waals surface area contributed by atoms with Gasteiger partial charge in [0.15, 0.2) is 10.6 Å². The Morgan fingerprint density at radius 2 is 2.33 bits per heavy atom. The molecule has 0 unspecified atom stereocenters. The summed E-state index contributed by atoms with van der Waals surface area (Å²) in [5.41, 5.74) is 1.11. The fraction of sp³-hybridized carbons (Fsp3) is 0.444. The summed E-state index contributed by atoms with van der Waals surface area (Å²) in [5.74, 6) is 1.31. The molecule has 2 aromatic rings. The molecule has 0 amide bonds. The van der Waals surface area contributed by atoms with Crippen molar-refractivity contribution in [2.24, 2.45) is 0 Å². The smallest absolute Gasteiger partial charge is 0.223 e. The van der Waals surface area contributed by atoms with Crippen LogP contribution in [0.3, 0.4) is 0 Å². The van der Waals surface area contributed by atoms with E-state index in [1.807, 2.05) is 17.7 Å². The molecule has 2 heterocycles. The van der Waals surface area contributed by atoms with Gasteiger partial charge in [-0.15, -0.1) is 0 Å². The Morgan fingerprint density at radius 3 is 2.87 bits per heavy atom. The Morgan fingerprint density at radius 1 is 1.53 bits per heavy atom. The van der Waals surface area contributed by atoms with Crippen LogP contribution in [-0.2, 0) is 13.0 Å². The van der Waals surface area contributed by atoms with Crippen molar-refractivity contribution in [2.45, 2.75) is 26.8 Å². The molecule has 0 aliphatic carbocycles. The van der Waals surface area contributed by atoms with Gasteiger partial charge in [-0.25, -0.2) is 0 Å². The van der Waals surface area contributed by atoms with Gasteiger partial charge in [0.05, 0.1) is 0 Å². The maximum Gasteiger partial charge on any atom is 0.223 e. The first kappa shape index (κ1) is 10.1. The number of hydrogen-bond donors (Lipinski definition) is 1. The summed E-state index contributed by atoms with van der Waals surface area (Å²) in [6.45, 7) is 4.56. The molecule has 0 aliphatic heterocycles. The maximum atomic E-state index is 5.14. The van der Waals surface area contributed by atoms with Crippen LogP contribution in [0.5, 0.6) is 0 Å². The Hall–Kier alpha value is -1.43. The molecule has 6 heteroatoms. The first-order chi connectivity index (χ1) is 7.16. The van der Waals surface area contributed by atoms with Crippen molar-refractivity contribution in [3.05, 3.63) is 28.4 Å². The number of H-pyrrole nitrogens is 1. The second-order valence-electron chi connectivity index (χ2n) is 3.37. The molecule has 0 aromatic carbocycles. The lowest BCUT2D eigenvalue weighted by Gasteiger charge is -2.01. The molecule has 2 aromatic heterocycles.